The Labute approximate surface area is 112 Å². The van der Waals surface area contributed by atoms with Crippen molar-refractivity contribution < 1.29 is 0 Å². The van der Waals surface area contributed by atoms with Gasteiger partial charge in [-0.2, -0.15) is 0 Å². The predicted molar refractivity (Wildman–Crippen MR) is 76.2 cm³/mol. The topological polar surface area (TPSA) is 0 Å². The fourth-order valence-corrected chi connectivity index (χ4v) is 5.89. The van der Waals surface area contributed by atoms with Crippen LogP contribution in [0.1, 0.15) is 59.3 Å². The van der Waals surface area contributed by atoms with E-state index >= 15 is 0 Å². The van der Waals surface area contributed by atoms with Crippen molar-refractivity contribution in [1.82, 2.24) is 0 Å². The molecule has 5 aliphatic carbocycles. The van der Waals surface area contributed by atoms with Crippen molar-refractivity contribution in [2.24, 2.45) is 29.1 Å². The van der Waals surface area contributed by atoms with Crippen molar-refractivity contribution in [2.75, 3.05) is 0 Å². The average Bonchev–Trinajstić information content (AvgIpc) is 2.66. The van der Waals surface area contributed by atoms with Crippen LogP contribution in [0.5, 0.6) is 0 Å². The van der Waals surface area contributed by atoms with Gasteiger partial charge in [-0.1, -0.05) is 29.7 Å². The van der Waals surface area contributed by atoms with Crippen molar-refractivity contribution >= 4 is 0 Å². The molecular weight excluding hydrogens is 216 g/mol. The molecule has 0 aliphatic heterocycles. The Morgan fingerprint density at radius 1 is 0.944 bits per heavy atom. The van der Waals surface area contributed by atoms with E-state index < -0.39 is 0 Å². The van der Waals surface area contributed by atoms with Crippen LogP contribution in [0, 0.1) is 29.1 Å². The van der Waals surface area contributed by atoms with Crippen molar-refractivity contribution in [3.05, 3.63) is 22.8 Å². The van der Waals surface area contributed by atoms with Gasteiger partial charge in [-0.05, 0) is 81.5 Å². The zero-order chi connectivity index (χ0) is 12.5. The lowest BCUT2D eigenvalue weighted by molar-refractivity contribution is -0.0779. The van der Waals surface area contributed by atoms with Crippen LogP contribution in [0.25, 0.3) is 0 Å². The first-order valence-corrected chi connectivity index (χ1v) is 7.94. The molecular formula is C18H26. The third-order valence-electron chi connectivity index (χ3n) is 7.05. The highest BCUT2D eigenvalue weighted by Crippen LogP contribution is 2.65. The van der Waals surface area contributed by atoms with Crippen LogP contribution in [0.4, 0.5) is 0 Å². The molecule has 5 rings (SSSR count). The van der Waals surface area contributed by atoms with E-state index in [-0.39, 0.29) is 0 Å². The molecule has 0 unspecified atom stereocenters. The van der Waals surface area contributed by atoms with Crippen LogP contribution in [-0.4, -0.2) is 0 Å². The summed E-state index contributed by atoms with van der Waals surface area (Å²) in [5, 5.41) is 0. The van der Waals surface area contributed by atoms with Crippen LogP contribution in [-0.2, 0) is 0 Å². The van der Waals surface area contributed by atoms with E-state index in [1.807, 2.05) is 0 Å². The van der Waals surface area contributed by atoms with Gasteiger partial charge in [0.2, 0.25) is 0 Å². The maximum Gasteiger partial charge on any atom is -0.00531 e. The number of rotatable bonds is 1. The van der Waals surface area contributed by atoms with Gasteiger partial charge in [-0.15, -0.1) is 0 Å². The quantitative estimate of drug-likeness (QED) is 0.599. The van der Waals surface area contributed by atoms with Crippen molar-refractivity contribution in [1.29, 1.82) is 0 Å². The Morgan fingerprint density at radius 2 is 1.50 bits per heavy atom. The van der Waals surface area contributed by atoms with Crippen LogP contribution in [0.2, 0.25) is 0 Å². The fraction of sp³-hybridized carbons (Fsp3) is 0.778. The molecule has 4 bridgehead atoms. The molecule has 0 N–H and O–H groups in total. The SMILES string of the molecule is CC1=C(C)CC(C2(C)C3CC4CC(C3)CC2C4)=C1. The molecule has 4 fully saturated rings. The second-order valence-electron chi connectivity index (χ2n) is 7.90. The lowest BCUT2D eigenvalue weighted by atomic mass is 9.44. The second kappa shape index (κ2) is 3.52. The smallest absolute Gasteiger partial charge is 0.00531 e. The standard InChI is InChI=1S/C18H26/c1-11-4-15(5-12(11)2)18(3)16-7-13-6-14(9-16)10-17(18)8-13/h4,13-14,16-17H,5-10H2,1-3H3. The zero-order valence-corrected chi connectivity index (χ0v) is 12.1. The molecule has 0 heterocycles. The minimum atomic E-state index is 0.562. The van der Waals surface area contributed by atoms with Gasteiger partial charge < -0.3 is 0 Å². The lowest BCUT2D eigenvalue weighted by Gasteiger charge is -2.61. The molecule has 0 atom stereocenters. The summed E-state index contributed by atoms with van der Waals surface area (Å²) >= 11 is 0. The first kappa shape index (κ1) is 11.3. The van der Waals surface area contributed by atoms with Crippen molar-refractivity contribution in [3.63, 3.8) is 0 Å². The Morgan fingerprint density at radius 3 is 1.94 bits per heavy atom. The van der Waals surface area contributed by atoms with Crippen molar-refractivity contribution in [2.45, 2.75) is 59.3 Å². The van der Waals surface area contributed by atoms with E-state index in [1.165, 1.54) is 6.42 Å². The fourth-order valence-electron chi connectivity index (χ4n) is 5.89. The summed E-state index contributed by atoms with van der Waals surface area (Å²) in [6.45, 7) is 7.26. The maximum absolute atomic E-state index is 2.62. The van der Waals surface area contributed by atoms with Crippen LogP contribution >= 0.6 is 0 Å². The van der Waals surface area contributed by atoms with Gasteiger partial charge in [0.05, 0.1) is 0 Å². The summed E-state index contributed by atoms with van der Waals surface area (Å²) < 4.78 is 0. The summed E-state index contributed by atoms with van der Waals surface area (Å²) in [5.41, 5.74) is 5.54. The summed E-state index contributed by atoms with van der Waals surface area (Å²) in [5.74, 6) is 4.22. The number of allylic oxidation sites excluding steroid dienone is 4. The van der Waals surface area contributed by atoms with Crippen LogP contribution in [0.3, 0.4) is 0 Å². The molecule has 0 aromatic rings. The third-order valence-corrected chi connectivity index (χ3v) is 7.05. The largest absolute Gasteiger partial charge is 0.0663 e. The Hall–Kier alpha value is -0.520. The van der Waals surface area contributed by atoms with Gasteiger partial charge in [-0.3, -0.25) is 0 Å². The van der Waals surface area contributed by atoms with E-state index in [0.717, 1.165) is 23.7 Å². The van der Waals surface area contributed by atoms with E-state index in [2.05, 4.69) is 26.8 Å². The summed E-state index contributed by atoms with van der Waals surface area (Å²) in [7, 11) is 0. The molecule has 0 aromatic carbocycles. The minimum Gasteiger partial charge on any atom is -0.0663 e. The molecule has 98 valence electrons. The number of hydrogen-bond acceptors (Lipinski definition) is 0. The highest BCUT2D eigenvalue weighted by atomic mass is 14.6. The van der Waals surface area contributed by atoms with E-state index in [0.29, 0.717) is 5.41 Å². The number of hydrogen-bond donors (Lipinski definition) is 0. The van der Waals surface area contributed by atoms with E-state index in [1.54, 1.807) is 48.8 Å². The van der Waals surface area contributed by atoms with Gasteiger partial charge >= 0.3 is 0 Å². The molecule has 0 radical (unpaired) electrons. The Balaban J connectivity index is 1.70. The monoisotopic (exact) mass is 242 g/mol. The predicted octanol–water partition coefficient (Wildman–Crippen LogP) is 5.12. The summed E-state index contributed by atoms with van der Waals surface area (Å²) in [4.78, 5) is 0. The highest BCUT2D eigenvalue weighted by molar-refractivity contribution is 5.41. The highest BCUT2D eigenvalue weighted by Gasteiger charge is 2.56. The van der Waals surface area contributed by atoms with Crippen LogP contribution < -0.4 is 0 Å². The van der Waals surface area contributed by atoms with Crippen LogP contribution in [0.15, 0.2) is 22.8 Å². The Bertz CT molecular complexity index is 421. The molecule has 0 heteroatoms. The van der Waals surface area contributed by atoms with Gasteiger partial charge in [0.1, 0.15) is 0 Å². The summed E-state index contributed by atoms with van der Waals surface area (Å²) in [6.07, 6.45) is 11.6. The average molecular weight is 242 g/mol. The first-order chi connectivity index (χ1) is 8.57. The zero-order valence-electron chi connectivity index (χ0n) is 12.1. The van der Waals surface area contributed by atoms with Gasteiger partial charge in [0, 0.05) is 0 Å². The van der Waals surface area contributed by atoms with E-state index in [9.17, 15) is 0 Å². The Kier molecular flexibility index (Phi) is 2.22. The molecule has 5 aliphatic rings. The molecule has 18 heavy (non-hydrogen) atoms. The minimum absolute atomic E-state index is 0.562. The lowest BCUT2D eigenvalue weighted by Crippen LogP contribution is -2.52. The first-order valence-electron chi connectivity index (χ1n) is 7.94. The molecule has 0 saturated heterocycles. The molecule has 4 saturated carbocycles. The van der Waals surface area contributed by atoms with Gasteiger partial charge in [-0.25, -0.2) is 0 Å². The van der Waals surface area contributed by atoms with E-state index in [4.69, 9.17) is 0 Å². The third kappa shape index (κ3) is 1.33. The molecule has 0 nitrogen and oxygen atoms in total. The molecule has 0 amide bonds. The van der Waals surface area contributed by atoms with Crippen molar-refractivity contribution in [3.8, 4) is 0 Å². The molecule has 0 spiro atoms. The van der Waals surface area contributed by atoms with Gasteiger partial charge in [0.25, 0.3) is 0 Å². The maximum atomic E-state index is 2.62. The summed E-state index contributed by atoms with van der Waals surface area (Å²) in [6, 6.07) is 0. The second-order valence-corrected chi connectivity index (χ2v) is 7.90. The molecule has 0 aromatic heterocycles. The normalized spacial score (nSPS) is 50.1. The van der Waals surface area contributed by atoms with Gasteiger partial charge in [0.15, 0.2) is 0 Å².